The van der Waals surface area contributed by atoms with Crippen LogP contribution in [-0.2, 0) is 16.0 Å². The van der Waals surface area contributed by atoms with Gasteiger partial charge in [-0.25, -0.2) is 9.79 Å². The number of carbonyl (C=O) groups excluding carboxylic acids is 1. The Morgan fingerprint density at radius 1 is 0.857 bits per heavy atom. The largest absolute Gasteiger partial charge is 0.493 e. The molecule has 1 aliphatic heterocycles. The highest BCUT2D eigenvalue weighted by atomic mass is 16.6. The first-order valence-corrected chi connectivity index (χ1v) is 9.13. The Hall–Kier alpha value is -3.66. The summed E-state index contributed by atoms with van der Waals surface area (Å²) in [5.74, 6) is 0.681. The Bertz CT molecular complexity index is 1010. The standard InChI is InChI=1S/C24H19NO3/c26-24-22(25-23(28-24)20-9-5-2-6-10-20)17-19-11-13-21(14-12-19)27-16-15-18-7-3-1-4-8-18/h1-14,17H,15-16H2/b22-17-. The van der Waals surface area contributed by atoms with Crippen molar-refractivity contribution in [2.75, 3.05) is 6.61 Å². The summed E-state index contributed by atoms with van der Waals surface area (Å²) in [6.07, 6.45) is 2.57. The van der Waals surface area contributed by atoms with Gasteiger partial charge in [-0.1, -0.05) is 60.7 Å². The molecule has 4 heteroatoms. The van der Waals surface area contributed by atoms with Crippen molar-refractivity contribution in [2.45, 2.75) is 6.42 Å². The molecule has 0 radical (unpaired) electrons. The molecule has 0 spiro atoms. The van der Waals surface area contributed by atoms with Gasteiger partial charge in [-0.05, 0) is 41.5 Å². The summed E-state index contributed by atoms with van der Waals surface area (Å²) in [6, 6.07) is 27.2. The summed E-state index contributed by atoms with van der Waals surface area (Å²) in [6.45, 7) is 0.613. The van der Waals surface area contributed by atoms with Crippen molar-refractivity contribution in [3.63, 3.8) is 0 Å². The highest BCUT2D eigenvalue weighted by molar-refractivity contribution is 6.12. The van der Waals surface area contributed by atoms with E-state index in [1.807, 2.05) is 72.8 Å². The van der Waals surface area contributed by atoms with E-state index >= 15 is 0 Å². The quantitative estimate of drug-likeness (QED) is 0.469. The molecule has 3 aromatic rings. The number of esters is 1. The number of nitrogens with zero attached hydrogens (tertiary/aromatic N) is 1. The third kappa shape index (κ3) is 4.35. The number of cyclic esters (lactones) is 1. The third-order valence-electron chi connectivity index (χ3n) is 4.33. The zero-order valence-electron chi connectivity index (χ0n) is 15.2. The molecule has 4 nitrogen and oxygen atoms in total. The van der Waals surface area contributed by atoms with Crippen molar-refractivity contribution in [1.29, 1.82) is 0 Å². The Morgan fingerprint density at radius 2 is 1.54 bits per heavy atom. The van der Waals surface area contributed by atoms with Crippen LogP contribution in [0.15, 0.2) is 95.6 Å². The van der Waals surface area contributed by atoms with Gasteiger partial charge in [0.1, 0.15) is 5.75 Å². The van der Waals surface area contributed by atoms with E-state index < -0.39 is 5.97 Å². The molecule has 138 valence electrons. The Kier molecular flexibility index (Phi) is 5.29. The van der Waals surface area contributed by atoms with Crippen molar-refractivity contribution in [1.82, 2.24) is 0 Å². The maximum Gasteiger partial charge on any atom is 0.363 e. The van der Waals surface area contributed by atoms with Crippen LogP contribution in [0.2, 0.25) is 0 Å². The first kappa shape index (κ1) is 17.7. The Balaban J connectivity index is 1.40. The lowest BCUT2D eigenvalue weighted by molar-refractivity contribution is -0.129. The summed E-state index contributed by atoms with van der Waals surface area (Å²) >= 11 is 0. The molecule has 0 saturated carbocycles. The molecule has 1 heterocycles. The lowest BCUT2D eigenvalue weighted by Gasteiger charge is -2.06. The smallest absolute Gasteiger partial charge is 0.363 e. The zero-order chi connectivity index (χ0) is 19.2. The number of hydrogen-bond donors (Lipinski definition) is 0. The average Bonchev–Trinajstić information content (AvgIpc) is 3.11. The van der Waals surface area contributed by atoms with Crippen LogP contribution in [0.5, 0.6) is 5.75 Å². The molecule has 0 amide bonds. The minimum Gasteiger partial charge on any atom is -0.493 e. The fourth-order valence-corrected chi connectivity index (χ4v) is 2.86. The molecule has 3 aromatic carbocycles. The molecule has 4 rings (SSSR count). The number of benzene rings is 3. The van der Waals surface area contributed by atoms with E-state index in [1.165, 1.54) is 5.56 Å². The molecule has 0 aliphatic carbocycles. The molecule has 28 heavy (non-hydrogen) atoms. The molecular formula is C24H19NO3. The van der Waals surface area contributed by atoms with E-state index in [0.717, 1.165) is 23.3 Å². The minimum absolute atomic E-state index is 0.289. The molecule has 0 saturated heterocycles. The maximum absolute atomic E-state index is 12.1. The molecule has 0 atom stereocenters. The van der Waals surface area contributed by atoms with Crippen molar-refractivity contribution in [3.05, 3.63) is 107 Å². The SMILES string of the molecule is O=C1OC(c2ccccc2)=N/C1=C\c1ccc(OCCc2ccccc2)cc1. The predicted octanol–water partition coefficient (Wildman–Crippen LogP) is 4.65. The minimum atomic E-state index is -0.443. The van der Waals surface area contributed by atoms with Crippen LogP contribution in [0, 0.1) is 0 Å². The van der Waals surface area contributed by atoms with E-state index in [0.29, 0.717) is 12.5 Å². The van der Waals surface area contributed by atoms with Crippen LogP contribution in [0.1, 0.15) is 16.7 Å². The Labute approximate surface area is 163 Å². The number of rotatable bonds is 6. The normalized spacial score (nSPS) is 14.6. The van der Waals surface area contributed by atoms with E-state index in [4.69, 9.17) is 9.47 Å². The van der Waals surface area contributed by atoms with Crippen molar-refractivity contribution in [3.8, 4) is 5.75 Å². The summed E-state index contributed by atoms with van der Waals surface area (Å²) in [4.78, 5) is 16.4. The van der Waals surface area contributed by atoms with Gasteiger partial charge in [0.2, 0.25) is 5.90 Å². The van der Waals surface area contributed by atoms with Gasteiger partial charge in [0.25, 0.3) is 0 Å². The van der Waals surface area contributed by atoms with Crippen molar-refractivity contribution < 1.29 is 14.3 Å². The van der Waals surface area contributed by atoms with Crippen LogP contribution in [-0.4, -0.2) is 18.5 Å². The number of carbonyl (C=O) groups is 1. The second-order valence-electron chi connectivity index (χ2n) is 6.36. The molecule has 1 aliphatic rings. The van der Waals surface area contributed by atoms with Crippen LogP contribution >= 0.6 is 0 Å². The highest BCUT2D eigenvalue weighted by Gasteiger charge is 2.23. The topological polar surface area (TPSA) is 47.9 Å². The van der Waals surface area contributed by atoms with Crippen LogP contribution < -0.4 is 4.74 Å². The van der Waals surface area contributed by atoms with E-state index in [1.54, 1.807) is 6.08 Å². The van der Waals surface area contributed by atoms with Gasteiger partial charge >= 0.3 is 5.97 Å². The first-order valence-electron chi connectivity index (χ1n) is 9.13. The van der Waals surface area contributed by atoms with Crippen LogP contribution in [0.3, 0.4) is 0 Å². The lowest BCUT2D eigenvalue weighted by atomic mass is 10.1. The molecule has 0 fully saturated rings. The summed E-state index contributed by atoms with van der Waals surface area (Å²) < 4.78 is 11.1. The van der Waals surface area contributed by atoms with Gasteiger partial charge < -0.3 is 9.47 Å². The first-order chi connectivity index (χ1) is 13.8. The fourth-order valence-electron chi connectivity index (χ4n) is 2.86. The van der Waals surface area contributed by atoms with E-state index in [2.05, 4.69) is 17.1 Å². The van der Waals surface area contributed by atoms with Crippen LogP contribution in [0.4, 0.5) is 0 Å². The van der Waals surface area contributed by atoms with Crippen molar-refractivity contribution in [2.24, 2.45) is 4.99 Å². The van der Waals surface area contributed by atoms with Gasteiger partial charge in [-0.15, -0.1) is 0 Å². The van der Waals surface area contributed by atoms with Gasteiger partial charge in [0.05, 0.1) is 6.61 Å². The lowest BCUT2D eigenvalue weighted by Crippen LogP contribution is -2.04. The predicted molar refractivity (Wildman–Crippen MR) is 109 cm³/mol. The number of aliphatic imine (C=N–C) groups is 1. The highest BCUT2D eigenvalue weighted by Crippen LogP contribution is 2.20. The average molecular weight is 369 g/mol. The number of ether oxygens (including phenoxy) is 2. The third-order valence-corrected chi connectivity index (χ3v) is 4.33. The zero-order valence-corrected chi connectivity index (χ0v) is 15.2. The second-order valence-corrected chi connectivity index (χ2v) is 6.36. The molecule has 0 unspecified atom stereocenters. The summed E-state index contributed by atoms with van der Waals surface area (Å²) in [5.41, 5.74) is 3.18. The van der Waals surface area contributed by atoms with Crippen molar-refractivity contribution >= 4 is 17.9 Å². The molecular weight excluding hydrogens is 350 g/mol. The van der Waals surface area contributed by atoms with Gasteiger partial charge in [0, 0.05) is 12.0 Å². The second kappa shape index (κ2) is 8.35. The summed E-state index contributed by atoms with van der Waals surface area (Å²) in [7, 11) is 0. The van der Waals surface area contributed by atoms with Gasteiger partial charge in [-0.3, -0.25) is 0 Å². The molecule has 0 aromatic heterocycles. The van der Waals surface area contributed by atoms with E-state index in [-0.39, 0.29) is 5.70 Å². The Morgan fingerprint density at radius 3 is 2.25 bits per heavy atom. The summed E-state index contributed by atoms with van der Waals surface area (Å²) in [5, 5.41) is 0. The fraction of sp³-hybridized carbons (Fsp3) is 0.0833. The van der Waals surface area contributed by atoms with Gasteiger partial charge in [0.15, 0.2) is 5.70 Å². The van der Waals surface area contributed by atoms with E-state index in [9.17, 15) is 4.79 Å². The van der Waals surface area contributed by atoms with Crippen LogP contribution in [0.25, 0.3) is 6.08 Å². The number of hydrogen-bond acceptors (Lipinski definition) is 4. The maximum atomic E-state index is 12.1. The monoisotopic (exact) mass is 369 g/mol. The van der Waals surface area contributed by atoms with Gasteiger partial charge in [-0.2, -0.15) is 0 Å². The molecule has 0 N–H and O–H groups in total. The molecule has 0 bridgehead atoms.